The number of ether oxygens (including phenoxy) is 3. The number of aliphatic hydroxyl groups excluding tert-OH is 6. The second-order valence-electron chi connectivity index (χ2n) is 35.7. The minimum Gasteiger partial charge on any atom is -0.395 e. The number of likely N-dealkylation sites (tertiary alicyclic amines) is 4. The van der Waals surface area contributed by atoms with Gasteiger partial charge >= 0.3 is 22.8 Å². The van der Waals surface area contributed by atoms with Gasteiger partial charge in [-0.25, -0.2) is 42.5 Å². The van der Waals surface area contributed by atoms with Gasteiger partial charge in [0.15, 0.2) is 0 Å². The molecule has 4 aromatic rings. The lowest BCUT2D eigenvalue weighted by Crippen LogP contribution is -2.46. The fourth-order valence-electron chi connectivity index (χ4n) is 13.3. The molecule has 129 heavy (non-hydrogen) atoms. The first-order chi connectivity index (χ1) is 60.0. The maximum Gasteiger partial charge on any atom is 0.348 e. The molecule has 7 saturated heterocycles. The molecular weight excluding hydrogens is 1680 g/mol. The number of amides is 2. The number of aromatic nitrogens is 12. The Bertz CT molecular complexity index is 4060. The lowest BCUT2D eigenvalue weighted by Gasteiger charge is -2.34. The van der Waals surface area contributed by atoms with Crippen LogP contribution in [0.1, 0.15) is 210 Å². The van der Waals surface area contributed by atoms with Gasteiger partial charge < -0.3 is 71.2 Å². The van der Waals surface area contributed by atoms with Crippen molar-refractivity contribution < 1.29 is 64.4 Å². The van der Waals surface area contributed by atoms with Crippen molar-refractivity contribution in [2.75, 3.05) is 166 Å². The summed E-state index contributed by atoms with van der Waals surface area (Å²) in [4.78, 5) is 125. The third-order valence-corrected chi connectivity index (χ3v) is 21.3. The molecule has 2 amide bonds. The van der Waals surface area contributed by atoms with E-state index in [9.17, 15) is 53.4 Å². The number of carbonyl (C=O) groups is 2. The predicted molar refractivity (Wildman–Crippen MR) is 501 cm³/mol. The summed E-state index contributed by atoms with van der Waals surface area (Å²) in [7, 11) is 4.54. The third-order valence-electron chi connectivity index (χ3n) is 21.3. The van der Waals surface area contributed by atoms with Gasteiger partial charge in [-0.1, -0.05) is 7.43 Å². The van der Waals surface area contributed by atoms with E-state index < -0.39 is 63.6 Å². The summed E-state index contributed by atoms with van der Waals surface area (Å²) in [6.07, 6.45) is 5.90. The zero-order valence-electron chi connectivity index (χ0n) is 81.8. The Hall–Kier alpha value is -7.09. The molecule has 7 aliphatic rings. The van der Waals surface area contributed by atoms with Gasteiger partial charge in [0.05, 0.1) is 121 Å². The van der Waals surface area contributed by atoms with Gasteiger partial charge in [-0.15, -0.1) is 0 Å². The number of hydroxylamine groups is 2. The molecular formula is C86H171N23O20. The van der Waals surface area contributed by atoms with Gasteiger partial charge in [-0.05, 0) is 192 Å². The first-order valence-corrected chi connectivity index (χ1v) is 45.2. The molecule has 750 valence electrons. The minimum atomic E-state index is -0.895. The van der Waals surface area contributed by atoms with Crippen LogP contribution in [0.15, 0.2) is 58.5 Å². The lowest BCUT2D eigenvalue weighted by atomic mass is 10.1. The highest BCUT2D eigenvalue weighted by molar-refractivity contribution is 5.77. The fourth-order valence-corrected chi connectivity index (χ4v) is 13.3. The smallest absolute Gasteiger partial charge is 0.348 e. The van der Waals surface area contributed by atoms with E-state index in [-0.39, 0.29) is 88.3 Å². The summed E-state index contributed by atoms with van der Waals surface area (Å²) in [5, 5.41) is 92.0. The Labute approximate surface area is 764 Å². The van der Waals surface area contributed by atoms with Crippen molar-refractivity contribution in [2.45, 2.75) is 314 Å². The standard InChI is InChI=1S/C10H17N3O4.C10H21N3O.C9H14N4O3.C9H20N2O.C8H17NO2.2C7H15NO2.2C7H15NO.C6H9N3O2.C5H9N3O.CH4/c1-7(2)13-10(16)12(9(15)4-11-13)5-8(14)6-17-3;1-8(2)13-5-4-9(7-13)12-6-10(14)11-3;1-6(2)13-9(16)12(5-7(14)10-3)8(15)4-11-13;1-8(2)11-5-3-9(7-11)10-4-6-12;1-7(2)9-3-4-11-8(5-9)6-10;1-6(2)8-4-7(3,9)5-10-8;1-5(2)8-3-6(9)7(10)4-8;1-7(2)8-3-5-9-6-4-8;1-6(2)8-4-3-7(9)5-8;1-4(2)9-6(11)8-5(10)3-7-9;1-4(2)8-5(9)6-3-7-8;/h4,7-8,14H,5-6H2,1-3H3;8-9,12H,4-7H2,1-3H3,(H,11,14);4,6H,5H2,1-3H3,(H,10,14);8-10,12H,3-7H2,1-2H3;7-8,10H,3-6H2,1-2H3;6,9H,4-5H2,1-3H3;5-7,9-10H,3-4H2,1-2H3;7H,3-6H2,1-2H3;6-7,9H,3-5H2,1-2H3;3-4H,1-2H3,(H,8,10,11);3-4H,1-2H3,(H,6,7,9);1H4. The SMILES string of the molecule is C.CC(C)N1CC(C)(O)CO1.CC(C)N1CC(O)C(O)C1.CC(C)N1CCC(NCCO)C1.CC(C)N1CCC(O)C1.CC(C)N1CCOC(CO)C1.CC(C)N1CCOCC1.CC(C)n1nc[nH]c1=O.CC(C)n1ncc(=O)[nH]c1=O.CNC(=O)CNC1CCN(C(C)C)C1.CNC(=O)Cn1c(=O)cnn(C(C)C)c1=O.COCC(O)Cn1c(=O)cnn(C(C)C)c1=O. The molecule has 8 unspecified atom stereocenters. The quantitative estimate of drug-likeness (QED) is 0.0399. The zero-order valence-corrected chi connectivity index (χ0v) is 81.8. The van der Waals surface area contributed by atoms with Gasteiger partial charge in [0, 0.05) is 148 Å². The molecule has 13 N–H and O–H groups in total. The molecule has 8 atom stereocenters. The van der Waals surface area contributed by atoms with Gasteiger partial charge in [-0.2, -0.15) is 25.5 Å². The van der Waals surface area contributed by atoms with E-state index in [0.29, 0.717) is 87.2 Å². The average Bonchev–Trinajstić information content (AvgIpc) is 1.22. The number of β-amino-alcohol motifs (C(OH)–C–C–N with tert-alkyl or cyclic N) is 4. The van der Waals surface area contributed by atoms with E-state index in [1.54, 1.807) is 46.7 Å². The minimum absolute atomic E-state index is 0. The summed E-state index contributed by atoms with van der Waals surface area (Å²) in [5.74, 6) is -0.339. The Kier molecular flexibility index (Phi) is 61.2. The molecule has 43 nitrogen and oxygen atoms in total. The summed E-state index contributed by atoms with van der Waals surface area (Å²) >= 11 is 0. The van der Waals surface area contributed by atoms with Crippen LogP contribution in [0.3, 0.4) is 0 Å². The Balaban J connectivity index is 0.00000140. The van der Waals surface area contributed by atoms with Gasteiger partial charge in [0.25, 0.3) is 16.7 Å². The van der Waals surface area contributed by atoms with Crippen molar-refractivity contribution in [1.82, 2.24) is 114 Å². The van der Waals surface area contributed by atoms with Crippen LogP contribution in [-0.2, 0) is 41.7 Å². The molecule has 0 aromatic carbocycles. The van der Waals surface area contributed by atoms with E-state index in [0.717, 1.165) is 131 Å². The van der Waals surface area contributed by atoms with Crippen LogP contribution in [0.2, 0.25) is 0 Å². The Morgan fingerprint density at radius 3 is 1.33 bits per heavy atom. The molecule has 11 rings (SSSR count). The number of aliphatic hydroxyl groups is 7. The first-order valence-electron chi connectivity index (χ1n) is 45.2. The van der Waals surface area contributed by atoms with Crippen LogP contribution >= 0.6 is 0 Å². The largest absolute Gasteiger partial charge is 0.395 e. The van der Waals surface area contributed by atoms with Crippen molar-refractivity contribution in [2.24, 2.45) is 0 Å². The third kappa shape index (κ3) is 48.4. The van der Waals surface area contributed by atoms with Crippen molar-refractivity contribution in [3.05, 3.63) is 97.9 Å². The molecule has 7 fully saturated rings. The Morgan fingerprint density at radius 1 is 0.527 bits per heavy atom. The molecule has 0 radical (unpaired) electrons. The summed E-state index contributed by atoms with van der Waals surface area (Å²) in [6.45, 7) is 63.2. The van der Waals surface area contributed by atoms with Crippen molar-refractivity contribution in [3.8, 4) is 0 Å². The van der Waals surface area contributed by atoms with Gasteiger partial charge in [0.1, 0.15) is 37.1 Å². The highest BCUT2D eigenvalue weighted by Crippen LogP contribution is 2.19. The zero-order chi connectivity index (χ0) is 97.4. The van der Waals surface area contributed by atoms with Crippen LogP contribution < -0.4 is 60.7 Å². The molecule has 0 saturated carbocycles. The van der Waals surface area contributed by atoms with Crippen molar-refractivity contribution >= 4 is 11.8 Å². The monoisotopic (exact) mass is 1850 g/mol. The number of H-pyrrole nitrogens is 2. The second-order valence-corrected chi connectivity index (χ2v) is 35.7. The number of hydrogen-bond donors (Lipinski definition) is 13. The number of nitrogens with one attached hydrogen (secondary N) is 6. The predicted octanol–water partition coefficient (Wildman–Crippen LogP) is -1.02. The number of carbonyl (C=O) groups excluding carboxylic acids is 2. The molecule has 0 bridgehead atoms. The maximum atomic E-state index is 11.9. The van der Waals surface area contributed by atoms with Crippen LogP contribution in [0.4, 0.5) is 0 Å². The normalized spacial score (nSPS) is 21.1. The number of hydrogen-bond acceptors (Lipinski definition) is 33. The topological polar surface area (TPSA) is 516 Å². The maximum absolute atomic E-state index is 11.9. The molecule has 0 aliphatic carbocycles. The van der Waals surface area contributed by atoms with E-state index in [2.05, 4.69) is 164 Å². The molecule has 0 spiro atoms. The molecule has 4 aromatic heterocycles. The van der Waals surface area contributed by atoms with Gasteiger partial charge in [0.2, 0.25) is 11.8 Å². The second kappa shape index (κ2) is 64.7. The molecule has 7 aliphatic heterocycles. The van der Waals surface area contributed by atoms with Crippen LogP contribution in [0.25, 0.3) is 0 Å². The highest BCUT2D eigenvalue weighted by atomic mass is 16.7. The first kappa shape index (κ1) is 122. The van der Waals surface area contributed by atoms with Crippen LogP contribution in [0, 0.1) is 0 Å². The molecule has 11 heterocycles. The van der Waals surface area contributed by atoms with E-state index >= 15 is 0 Å². The lowest BCUT2D eigenvalue weighted by molar-refractivity contribution is -0.133. The Morgan fingerprint density at radius 2 is 0.969 bits per heavy atom. The number of methoxy groups -OCH3 is 1. The van der Waals surface area contributed by atoms with E-state index in [1.807, 2.05) is 41.5 Å². The fraction of sp³-hybridized carbons (Fsp3) is 0.849. The molecule has 43 heteroatoms. The summed E-state index contributed by atoms with van der Waals surface area (Å²) < 4.78 is 22.0. The highest BCUT2D eigenvalue weighted by Gasteiger charge is 2.35. The number of nitrogens with zero attached hydrogens (tertiary/aromatic N) is 17. The van der Waals surface area contributed by atoms with Crippen molar-refractivity contribution in [3.63, 3.8) is 0 Å². The number of morpholine rings is 2. The number of rotatable bonds is 24. The van der Waals surface area contributed by atoms with Crippen molar-refractivity contribution in [1.29, 1.82) is 0 Å². The van der Waals surface area contributed by atoms with Crippen LogP contribution in [-0.4, -0.2) is 396 Å². The number of aromatic amines is 2. The summed E-state index contributed by atoms with van der Waals surface area (Å²) in [5.41, 5.74) is -3.93. The summed E-state index contributed by atoms with van der Waals surface area (Å²) in [6, 6.07) is 4.79. The average molecular weight is 1850 g/mol. The van der Waals surface area contributed by atoms with Crippen LogP contribution in [0.5, 0.6) is 0 Å². The number of likely N-dealkylation sites (N-methyl/N-ethyl adjacent to an activating group) is 2. The van der Waals surface area contributed by atoms with Gasteiger partial charge in [-0.3, -0.25) is 72.7 Å². The van der Waals surface area contributed by atoms with E-state index in [4.69, 9.17) is 44.6 Å². The van der Waals surface area contributed by atoms with E-state index in [1.165, 1.54) is 47.5 Å².